The minimum atomic E-state index is -1.13. The number of nitrogens with zero attached hydrogens (tertiary/aromatic N) is 2. The number of carboxylic acid groups (broad SMARTS) is 1. The van der Waals surface area contributed by atoms with Gasteiger partial charge in [0.1, 0.15) is 24.1 Å². The highest BCUT2D eigenvalue weighted by Gasteiger charge is 2.10. The smallest absolute Gasteiger partial charge is 0.337 e. The van der Waals surface area contributed by atoms with Crippen LogP contribution in [0.2, 0.25) is 5.02 Å². The number of aromatic nitrogens is 1. The van der Waals surface area contributed by atoms with E-state index < -0.39 is 5.97 Å². The normalized spacial score (nSPS) is 9.80. The molecule has 0 saturated heterocycles. The molecule has 5 nitrogen and oxygen atoms in total. The van der Waals surface area contributed by atoms with Gasteiger partial charge in [0.25, 0.3) is 0 Å². The monoisotopic (exact) mass is 288 g/mol. The molecule has 0 unspecified atom stereocenters. The number of carbonyl (C=O) groups is 1. The van der Waals surface area contributed by atoms with Crippen molar-refractivity contribution in [3.05, 3.63) is 58.4 Å². The summed E-state index contributed by atoms with van der Waals surface area (Å²) in [7, 11) is 0. The molecule has 2 rings (SSSR count). The van der Waals surface area contributed by atoms with Crippen LogP contribution in [-0.4, -0.2) is 16.1 Å². The Morgan fingerprint density at radius 2 is 2.25 bits per heavy atom. The van der Waals surface area contributed by atoms with E-state index in [0.29, 0.717) is 11.3 Å². The molecule has 0 aliphatic rings. The first-order valence-corrected chi connectivity index (χ1v) is 5.99. The highest BCUT2D eigenvalue weighted by Crippen LogP contribution is 2.23. The number of hydrogen-bond donors (Lipinski definition) is 1. The minimum absolute atomic E-state index is 0.0316. The second-order valence-corrected chi connectivity index (χ2v) is 4.27. The SMILES string of the molecule is N#Cc1ncccc1COc1ccc(Cl)c(C(=O)O)c1. The second kappa shape index (κ2) is 6.04. The number of hydrogen-bond acceptors (Lipinski definition) is 4. The Morgan fingerprint density at radius 3 is 2.95 bits per heavy atom. The molecule has 0 aliphatic carbocycles. The number of rotatable bonds is 4. The molecule has 0 bridgehead atoms. The van der Waals surface area contributed by atoms with Crippen molar-refractivity contribution in [2.24, 2.45) is 0 Å². The molecule has 0 spiro atoms. The van der Waals surface area contributed by atoms with Crippen LogP contribution in [0.5, 0.6) is 5.75 Å². The lowest BCUT2D eigenvalue weighted by atomic mass is 10.2. The van der Waals surface area contributed by atoms with E-state index in [0.717, 1.165) is 0 Å². The summed E-state index contributed by atoms with van der Waals surface area (Å²) in [6.45, 7) is 0.122. The Bertz CT molecular complexity index is 695. The molecular weight excluding hydrogens is 280 g/mol. The molecule has 1 N–H and O–H groups in total. The van der Waals surface area contributed by atoms with Gasteiger partial charge in [-0.1, -0.05) is 17.7 Å². The van der Waals surface area contributed by atoms with Crippen molar-refractivity contribution in [2.45, 2.75) is 6.61 Å². The van der Waals surface area contributed by atoms with Crippen molar-refractivity contribution in [2.75, 3.05) is 0 Å². The highest BCUT2D eigenvalue weighted by molar-refractivity contribution is 6.33. The average molecular weight is 289 g/mol. The molecule has 1 aromatic carbocycles. The zero-order valence-corrected chi connectivity index (χ0v) is 11.0. The number of pyridine rings is 1. The fourth-order valence-corrected chi connectivity index (χ4v) is 1.77. The van der Waals surface area contributed by atoms with Gasteiger partial charge in [-0.05, 0) is 24.3 Å². The Kier molecular flexibility index (Phi) is 4.18. The van der Waals surface area contributed by atoms with Crippen LogP contribution < -0.4 is 4.74 Å². The fourth-order valence-electron chi connectivity index (χ4n) is 1.57. The van der Waals surface area contributed by atoms with Crippen LogP contribution in [0.1, 0.15) is 21.6 Å². The lowest BCUT2D eigenvalue weighted by Crippen LogP contribution is -2.02. The Balaban J connectivity index is 2.18. The standard InChI is InChI=1S/C14H9ClN2O3/c15-12-4-3-10(6-11(12)14(18)19)20-8-9-2-1-5-17-13(9)7-16/h1-6H,8H2,(H,18,19). The summed E-state index contributed by atoms with van der Waals surface area (Å²) in [6.07, 6.45) is 1.52. The van der Waals surface area contributed by atoms with Crippen molar-refractivity contribution >= 4 is 17.6 Å². The van der Waals surface area contributed by atoms with E-state index in [2.05, 4.69) is 4.98 Å². The summed E-state index contributed by atoms with van der Waals surface area (Å²) >= 11 is 5.77. The largest absolute Gasteiger partial charge is 0.489 e. The third-order valence-electron chi connectivity index (χ3n) is 2.56. The lowest BCUT2D eigenvalue weighted by Gasteiger charge is -2.08. The zero-order chi connectivity index (χ0) is 14.5. The lowest BCUT2D eigenvalue weighted by molar-refractivity contribution is 0.0696. The maximum Gasteiger partial charge on any atom is 0.337 e. The van der Waals surface area contributed by atoms with Crippen LogP contribution in [0.3, 0.4) is 0 Å². The number of benzene rings is 1. The van der Waals surface area contributed by atoms with Gasteiger partial charge in [0.2, 0.25) is 0 Å². The molecule has 0 radical (unpaired) electrons. The Labute approximate surface area is 120 Å². The van der Waals surface area contributed by atoms with E-state index in [4.69, 9.17) is 26.7 Å². The van der Waals surface area contributed by atoms with Gasteiger partial charge in [0, 0.05) is 11.8 Å². The summed E-state index contributed by atoms with van der Waals surface area (Å²) in [5.74, 6) is -0.765. The predicted molar refractivity (Wildman–Crippen MR) is 71.7 cm³/mol. The Hall–Kier alpha value is -2.58. The first-order valence-electron chi connectivity index (χ1n) is 5.61. The maximum atomic E-state index is 11.0. The summed E-state index contributed by atoms with van der Waals surface area (Å²) in [5.41, 5.74) is 0.873. The third kappa shape index (κ3) is 3.05. The first-order chi connectivity index (χ1) is 9.61. The molecule has 0 atom stereocenters. The Morgan fingerprint density at radius 1 is 1.45 bits per heavy atom. The summed E-state index contributed by atoms with van der Waals surface area (Å²) in [5, 5.41) is 18.0. The molecule has 0 fully saturated rings. The molecular formula is C14H9ClN2O3. The molecule has 1 aromatic heterocycles. The van der Waals surface area contributed by atoms with Gasteiger partial charge in [-0.2, -0.15) is 5.26 Å². The van der Waals surface area contributed by atoms with Crippen molar-refractivity contribution in [3.63, 3.8) is 0 Å². The summed E-state index contributed by atoms with van der Waals surface area (Å²) < 4.78 is 5.47. The van der Waals surface area contributed by atoms with Crippen LogP contribution in [-0.2, 0) is 6.61 Å². The van der Waals surface area contributed by atoms with E-state index >= 15 is 0 Å². The van der Waals surface area contributed by atoms with Gasteiger partial charge in [-0.3, -0.25) is 0 Å². The van der Waals surface area contributed by atoms with Crippen molar-refractivity contribution in [3.8, 4) is 11.8 Å². The number of halogens is 1. The summed E-state index contributed by atoms with van der Waals surface area (Å²) in [6, 6.07) is 9.74. The van der Waals surface area contributed by atoms with Crippen molar-refractivity contribution in [1.82, 2.24) is 4.98 Å². The fraction of sp³-hybridized carbons (Fsp3) is 0.0714. The maximum absolute atomic E-state index is 11.0. The van der Waals surface area contributed by atoms with E-state index in [-0.39, 0.29) is 22.9 Å². The van der Waals surface area contributed by atoms with Gasteiger partial charge in [0.05, 0.1) is 10.6 Å². The van der Waals surface area contributed by atoms with E-state index in [9.17, 15) is 4.79 Å². The van der Waals surface area contributed by atoms with E-state index in [1.807, 2.05) is 6.07 Å². The van der Waals surface area contributed by atoms with Crippen molar-refractivity contribution in [1.29, 1.82) is 5.26 Å². The van der Waals surface area contributed by atoms with Gasteiger partial charge in [-0.15, -0.1) is 0 Å². The number of ether oxygens (including phenoxy) is 1. The van der Waals surface area contributed by atoms with Crippen LogP contribution >= 0.6 is 11.6 Å². The predicted octanol–water partition coefficient (Wildman–Crippen LogP) is 2.88. The summed E-state index contributed by atoms with van der Waals surface area (Å²) in [4.78, 5) is 14.9. The van der Waals surface area contributed by atoms with E-state index in [1.165, 1.54) is 18.3 Å². The van der Waals surface area contributed by atoms with Gasteiger partial charge in [0.15, 0.2) is 0 Å². The molecule has 0 aliphatic heterocycles. The van der Waals surface area contributed by atoms with Crippen LogP contribution in [0.15, 0.2) is 36.5 Å². The number of nitriles is 1. The van der Waals surface area contributed by atoms with Crippen LogP contribution in [0.4, 0.5) is 0 Å². The molecule has 2 aromatic rings. The zero-order valence-electron chi connectivity index (χ0n) is 10.2. The molecule has 0 amide bonds. The molecule has 0 saturated carbocycles. The van der Waals surface area contributed by atoms with Gasteiger partial charge < -0.3 is 9.84 Å². The second-order valence-electron chi connectivity index (χ2n) is 3.86. The quantitative estimate of drug-likeness (QED) is 0.935. The average Bonchev–Trinajstić information content (AvgIpc) is 2.46. The van der Waals surface area contributed by atoms with Crippen LogP contribution in [0, 0.1) is 11.3 Å². The van der Waals surface area contributed by atoms with E-state index in [1.54, 1.807) is 18.2 Å². The van der Waals surface area contributed by atoms with Crippen LogP contribution in [0.25, 0.3) is 0 Å². The highest BCUT2D eigenvalue weighted by atomic mass is 35.5. The third-order valence-corrected chi connectivity index (χ3v) is 2.89. The molecule has 1 heterocycles. The number of aromatic carboxylic acids is 1. The first kappa shape index (κ1) is 13.8. The number of carboxylic acids is 1. The van der Waals surface area contributed by atoms with Crippen molar-refractivity contribution < 1.29 is 14.6 Å². The minimum Gasteiger partial charge on any atom is -0.489 e. The molecule has 100 valence electrons. The molecule has 20 heavy (non-hydrogen) atoms. The van der Waals surface area contributed by atoms with Gasteiger partial charge in [-0.25, -0.2) is 9.78 Å². The van der Waals surface area contributed by atoms with Gasteiger partial charge >= 0.3 is 5.97 Å². The molecule has 6 heteroatoms. The topological polar surface area (TPSA) is 83.2 Å².